The molecule has 10 heteroatoms. The number of hydrogen-bond donors (Lipinski definition) is 1. The first kappa shape index (κ1) is 26.0. The molecule has 0 aromatic carbocycles. The van der Waals surface area contributed by atoms with E-state index in [2.05, 4.69) is 43.8 Å². The number of nitrogens with one attached hydrogen (secondary N) is 1. The number of rotatable bonds is 8. The monoisotopic (exact) mass is 538 g/mol. The molecule has 0 aliphatic carbocycles. The highest BCUT2D eigenvalue weighted by atomic mass is 127. The highest BCUT2D eigenvalue weighted by Gasteiger charge is 2.26. The van der Waals surface area contributed by atoms with Crippen molar-refractivity contribution in [1.29, 1.82) is 0 Å². The second-order valence-electron chi connectivity index (χ2n) is 7.47. The van der Waals surface area contributed by atoms with Gasteiger partial charge >= 0.3 is 5.97 Å². The zero-order chi connectivity index (χ0) is 20.5. The van der Waals surface area contributed by atoms with Gasteiger partial charge in [0.15, 0.2) is 11.1 Å². The average Bonchev–Trinajstić information content (AvgIpc) is 3.08. The number of guanidine groups is 1. The lowest BCUT2D eigenvalue weighted by atomic mass is 9.97. The van der Waals surface area contributed by atoms with Crippen LogP contribution in [0.25, 0.3) is 0 Å². The minimum atomic E-state index is -0.0993. The highest BCUT2D eigenvalue weighted by molar-refractivity contribution is 14.0. The molecule has 1 aliphatic rings. The lowest BCUT2D eigenvalue weighted by Gasteiger charge is -2.33. The molecule has 1 aromatic heterocycles. The van der Waals surface area contributed by atoms with Crippen LogP contribution in [-0.2, 0) is 22.5 Å². The van der Waals surface area contributed by atoms with E-state index in [1.54, 1.807) is 18.8 Å². The zero-order valence-corrected chi connectivity index (χ0v) is 21.3. The van der Waals surface area contributed by atoms with E-state index < -0.39 is 0 Å². The normalized spacial score (nSPS) is 15.4. The van der Waals surface area contributed by atoms with Crippen molar-refractivity contribution in [3.63, 3.8) is 0 Å². The molecule has 8 nitrogen and oxygen atoms in total. The number of nitrogens with zero attached hydrogens (tertiary/aromatic N) is 5. The Balaban J connectivity index is 0.00000420. The van der Waals surface area contributed by atoms with Crippen molar-refractivity contribution in [2.24, 2.45) is 16.8 Å². The molecule has 0 saturated carbocycles. The Morgan fingerprint density at radius 3 is 2.59 bits per heavy atom. The van der Waals surface area contributed by atoms with Gasteiger partial charge < -0.3 is 19.5 Å². The maximum Gasteiger partial charge on any atom is 0.308 e. The number of ether oxygens (including phenoxy) is 1. The number of halogens is 1. The fourth-order valence-corrected chi connectivity index (χ4v) is 4.00. The van der Waals surface area contributed by atoms with Crippen LogP contribution in [0.15, 0.2) is 10.1 Å². The van der Waals surface area contributed by atoms with Crippen LogP contribution >= 0.6 is 35.7 Å². The summed E-state index contributed by atoms with van der Waals surface area (Å²) in [7, 11) is 3.26. The first-order chi connectivity index (χ1) is 13.5. The van der Waals surface area contributed by atoms with Gasteiger partial charge in [0, 0.05) is 39.6 Å². The van der Waals surface area contributed by atoms with Gasteiger partial charge in [0.1, 0.15) is 5.82 Å². The molecule has 29 heavy (non-hydrogen) atoms. The van der Waals surface area contributed by atoms with Crippen molar-refractivity contribution in [3.8, 4) is 0 Å². The van der Waals surface area contributed by atoms with Gasteiger partial charge in [0.25, 0.3) is 0 Å². The largest absolute Gasteiger partial charge is 0.469 e. The van der Waals surface area contributed by atoms with E-state index in [-0.39, 0.29) is 35.9 Å². The fourth-order valence-electron chi connectivity index (χ4n) is 3.48. The second kappa shape index (κ2) is 13.3. The summed E-state index contributed by atoms with van der Waals surface area (Å²) >= 11 is 1.64. The summed E-state index contributed by atoms with van der Waals surface area (Å²) in [5, 5.41) is 13.1. The number of aliphatic imine (C=N–C) groups is 1. The van der Waals surface area contributed by atoms with E-state index in [0.29, 0.717) is 5.92 Å². The maximum atomic E-state index is 11.7. The van der Waals surface area contributed by atoms with Crippen molar-refractivity contribution in [1.82, 2.24) is 25.0 Å². The molecule has 2 heterocycles. The van der Waals surface area contributed by atoms with Gasteiger partial charge in [0.05, 0.1) is 13.0 Å². The number of aromatic nitrogens is 3. The van der Waals surface area contributed by atoms with Gasteiger partial charge in [-0.3, -0.25) is 9.79 Å². The molecule has 0 unspecified atom stereocenters. The number of esters is 1. The van der Waals surface area contributed by atoms with Crippen LogP contribution < -0.4 is 5.32 Å². The van der Waals surface area contributed by atoms with Gasteiger partial charge in [-0.1, -0.05) is 25.6 Å². The molecule has 0 radical (unpaired) electrons. The van der Waals surface area contributed by atoms with E-state index >= 15 is 0 Å². The van der Waals surface area contributed by atoms with Crippen molar-refractivity contribution in [3.05, 3.63) is 5.82 Å². The van der Waals surface area contributed by atoms with Crippen LogP contribution in [0.2, 0.25) is 0 Å². The summed E-state index contributed by atoms with van der Waals surface area (Å²) in [5.41, 5.74) is 0. The van der Waals surface area contributed by atoms with Crippen molar-refractivity contribution in [2.75, 3.05) is 40.0 Å². The molecule has 1 N–H and O–H groups in total. The molecular weight excluding hydrogens is 503 g/mol. The molecule has 1 aromatic rings. The number of thioether (sulfide) groups is 1. The van der Waals surface area contributed by atoms with Gasteiger partial charge in [-0.05, 0) is 31.4 Å². The summed E-state index contributed by atoms with van der Waals surface area (Å²) in [5.74, 6) is 2.42. The standard InChI is InChI=1S/C19H34N6O2S.HI/c1-14(2)13-25-16(22-23-19(25)28-5)7-6-10-21-18(20-3)24-11-8-15(9-12-24)17(26)27-4;/h14-15H,6-13H2,1-5H3,(H,20,21);1H. The predicted molar refractivity (Wildman–Crippen MR) is 128 cm³/mol. The number of likely N-dealkylation sites (tertiary alicyclic amines) is 1. The van der Waals surface area contributed by atoms with Crippen LogP contribution in [0.4, 0.5) is 0 Å². The smallest absolute Gasteiger partial charge is 0.308 e. The SMILES string of the molecule is CN=C(NCCCc1nnc(SC)n1CC(C)C)N1CCC(C(=O)OC)CC1.I. The number of methoxy groups -OCH3 is 1. The topological polar surface area (TPSA) is 84.6 Å². The summed E-state index contributed by atoms with van der Waals surface area (Å²) in [6.45, 7) is 7.83. The number of carbonyl (C=O) groups is 1. The Morgan fingerprint density at radius 2 is 2.03 bits per heavy atom. The van der Waals surface area contributed by atoms with E-state index in [9.17, 15) is 4.79 Å². The number of piperidine rings is 1. The minimum absolute atomic E-state index is 0. The summed E-state index contributed by atoms with van der Waals surface area (Å²) in [6, 6.07) is 0. The Labute approximate surface area is 195 Å². The molecular formula is C19H35IN6O2S. The predicted octanol–water partition coefficient (Wildman–Crippen LogP) is 2.67. The molecule has 2 rings (SSSR count). The van der Waals surface area contributed by atoms with Crippen LogP contribution in [0.5, 0.6) is 0 Å². The van der Waals surface area contributed by atoms with Crippen LogP contribution in [0.3, 0.4) is 0 Å². The number of carbonyl (C=O) groups excluding carboxylic acids is 1. The highest BCUT2D eigenvalue weighted by Crippen LogP contribution is 2.19. The molecule has 1 fully saturated rings. The van der Waals surface area contributed by atoms with Gasteiger partial charge in [-0.25, -0.2) is 0 Å². The van der Waals surface area contributed by atoms with Crippen molar-refractivity contribution in [2.45, 2.75) is 51.2 Å². The van der Waals surface area contributed by atoms with Crippen LogP contribution in [0.1, 0.15) is 38.9 Å². The zero-order valence-electron chi connectivity index (χ0n) is 18.2. The molecule has 1 aliphatic heterocycles. The van der Waals surface area contributed by atoms with E-state index in [1.807, 2.05) is 6.26 Å². The van der Waals surface area contributed by atoms with Crippen molar-refractivity contribution >= 4 is 47.7 Å². The van der Waals surface area contributed by atoms with E-state index in [0.717, 1.165) is 68.8 Å². The molecule has 0 spiro atoms. The molecule has 1 saturated heterocycles. The van der Waals surface area contributed by atoms with Gasteiger partial charge in [0.2, 0.25) is 0 Å². The van der Waals surface area contributed by atoms with Gasteiger partial charge in [-0.15, -0.1) is 34.2 Å². The van der Waals surface area contributed by atoms with Crippen LogP contribution in [-0.4, -0.2) is 71.6 Å². The molecule has 0 atom stereocenters. The summed E-state index contributed by atoms with van der Waals surface area (Å²) < 4.78 is 7.10. The first-order valence-electron chi connectivity index (χ1n) is 9.99. The fraction of sp³-hybridized carbons (Fsp3) is 0.789. The lowest BCUT2D eigenvalue weighted by Crippen LogP contribution is -2.46. The third-order valence-corrected chi connectivity index (χ3v) is 5.59. The lowest BCUT2D eigenvalue weighted by molar-refractivity contribution is -0.146. The summed E-state index contributed by atoms with van der Waals surface area (Å²) in [6.07, 6.45) is 5.50. The maximum absolute atomic E-state index is 11.7. The Bertz CT molecular complexity index is 659. The van der Waals surface area contributed by atoms with Crippen molar-refractivity contribution < 1.29 is 9.53 Å². The van der Waals surface area contributed by atoms with Gasteiger partial charge in [-0.2, -0.15) is 0 Å². The quantitative estimate of drug-likeness (QED) is 0.136. The molecule has 166 valence electrons. The second-order valence-corrected chi connectivity index (χ2v) is 8.24. The third-order valence-electron chi connectivity index (χ3n) is 4.92. The average molecular weight is 539 g/mol. The Kier molecular flexibility index (Phi) is 11.9. The van der Waals surface area contributed by atoms with Crippen LogP contribution in [0, 0.1) is 11.8 Å². The third kappa shape index (κ3) is 7.62. The number of aryl methyl sites for hydroxylation is 1. The number of hydrogen-bond acceptors (Lipinski definition) is 6. The minimum Gasteiger partial charge on any atom is -0.469 e. The molecule has 0 bridgehead atoms. The van der Waals surface area contributed by atoms with E-state index in [1.165, 1.54) is 7.11 Å². The summed E-state index contributed by atoms with van der Waals surface area (Å²) in [4.78, 5) is 18.3. The molecule has 0 amide bonds. The first-order valence-corrected chi connectivity index (χ1v) is 11.2. The van der Waals surface area contributed by atoms with E-state index in [4.69, 9.17) is 4.74 Å². The Hall–Kier alpha value is -1.04. The Morgan fingerprint density at radius 1 is 1.34 bits per heavy atom.